The molecule has 4 heteroatoms. The summed E-state index contributed by atoms with van der Waals surface area (Å²) < 4.78 is 5.57. The van der Waals surface area contributed by atoms with Gasteiger partial charge < -0.3 is 9.64 Å². The second-order valence-corrected chi connectivity index (χ2v) is 8.13. The lowest BCUT2D eigenvalue weighted by molar-refractivity contribution is 0.0203. The van der Waals surface area contributed by atoms with Crippen molar-refractivity contribution in [2.75, 3.05) is 31.2 Å². The molecule has 0 aromatic carbocycles. The Bertz CT molecular complexity index is 660. The predicted octanol–water partition coefficient (Wildman–Crippen LogP) is 3.81. The van der Waals surface area contributed by atoms with E-state index in [0.717, 1.165) is 56.9 Å². The van der Waals surface area contributed by atoms with E-state index in [1.54, 1.807) is 0 Å². The fraction of sp³-hybridized carbons (Fsp3) is 0.600. The molecular formula is C20H27N3O. The summed E-state index contributed by atoms with van der Waals surface area (Å²) in [4.78, 5) is 6.98. The van der Waals surface area contributed by atoms with Crippen LogP contribution < -0.4 is 4.90 Å². The first-order valence-electron chi connectivity index (χ1n) is 8.82. The number of hydrogen-bond acceptors (Lipinski definition) is 4. The molecule has 128 valence electrons. The molecule has 1 aromatic heterocycles. The van der Waals surface area contributed by atoms with Crippen LogP contribution in [0.25, 0.3) is 0 Å². The van der Waals surface area contributed by atoms with Gasteiger partial charge in [-0.2, -0.15) is 5.26 Å². The zero-order chi connectivity index (χ0) is 17.2. The lowest BCUT2D eigenvalue weighted by atomic mass is 9.77. The molecule has 3 heterocycles. The lowest BCUT2D eigenvalue weighted by Gasteiger charge is -2.39. The molecule has 1 spiro atoms. The van der Waals surface area contributed by atoms with Gasteiger partial charge in [0.1, 0.15) is 11.9 Å². The molecule has 0 atom stereocenters. The molecule has 0 bridgehead atoms. The van der Waals surface area contributed by atoms with Crippen LogP contribution in [-0.2, 0) is 10.2 Å². The molecule has 3 rings (SSSR count). The van der Waals surface area contributed by atoms with E-state index in [1.807, 2.05) is 12.3 Å². The van der Waals surface area contributed by atoms with E-state index in [4.69, 9.17) is 9.72 Å². The molecule has 0 radical (unpaired) electrons. The van der Waals surface area contributed by atoms with Crippen LogP contribution in [0.1, 0.15) is 51.2 Å². The molecule has 1 fully saturated rings. The van der Waals surface area contributed by atoms with Crippen molar-refractivity contribution in [2.45, 2.75) is 45.4 Å². The van der Waals surface area contributed by atoms with E-state index < -0.39 is 0 Å². The number of aromatic nitrogens is 1. The van der Waals surface area contributed by atoms with Gasteiger partial charge in [0.15, 0.2) is 0 Å². The van der Waals surface area contributed by atoms with Crippen molar-refractivity contribution in [1.82, 2.24) is 4.98 Å². The second-order valence-electron chi connectivity index (χ2n) is 8.13. The van der Waals surface area contributed by atoms with Crippen LogP contribution in [-0.4, -0.2) is 31.3 Å². The Morgan fingerprint density at radius 2 is 2.00 bits per heavy atom. The molecule has 0 unspecified atom stereocenters. The van der Waals surface area contributed by atoms with Crippen molar-refractivity contribution in [3.8, 4) is 6.07 Å². The van der Waals surface area contributed by atoms with Crippen molar-refractivity contribution in [3.63, 3.8) is 0 Å². The van der Waals surface area contributed by atoms with E-state index >= 15 is 0 Å². The summed E-state index contributed by atoms with van der Waals surface area (Å²) in [5, 5.41) is 9.66. The van der Waals surface area contributed by atoms with E-state index in [9.17, 15) is 5.26 Å². The van der Waals surface area contributed by atoms with Gasteiger partial charge in [-0.05, 0) is 41.7 Å². The fourth-order valence-electron chi connectivity index (χ4n) is 3.60. The minimum Gasteiger partial charge on any atom is -0.381 e. The third kappa shape index (κ3) is 3.47. The van der Waals surface area contributed by atoms with E-state index in [1.165, 1.54) is 0 Å². The number of rotatable bonds is 1. The highest BCUT2D eigenvalue weighted by Gasteiger charge is 2.35. The zero-order valence-electron chi connectivity index (χ0n) is 15.0. The molecule has 0 aliphatic carbocycles. The number of allylic oxidation sites excluding steroid dienone is 1. The number of anilines is 1. The first kappa shape index (κ1) is 17.0. The highest BCUT2D eigenvalue weighted by molar-refractivity contribution is 5.56. The van der Waals surface area contributed by atoms with Crippen molar-refractivity contribution in [2.24, 2.45) is 5.41 Å². The standard InChI is InChI=1S/C20H27N3O/c1-19(2,3)17-12-16(13-21)18(22-14-17)23-9-5-4-6-20(15-23)7-10-24-11-8-20/h4-5,12,14H,6-11,15H2,1-3H3. The van der Waals surface area contributed by atoms with Gasteiger partial charge in [0.05, 0.1) is 5.56 Å². The average Bonchev–Trinajstić information content (AvgIpc) is 2.77. The highest BCUT2D eigenvalue weighted by atomic mass is 16.5. The second kappa shape index (κ2) is 6.57. The van der Waals surface area contributed by atoms with E-state index in [0.29, 0.717) is 5.56 Å². The Balaban J connectivity index is 1.92. The topological polar surface area (TPSA) is 49.2 Å². The summed E-state index contributed by atoms with van der Waals surface area (Å²) in [5.74, 6) is 0.822. The van der Waals surface area contributed by atoms with Gasteiger partial charge >= 0.3 is 0 Å². The predicted molar refractivity (Wildman–Crippen MR) is 96.1 cm³/mol. The van der Waals surface area contributed by atoms with Crippen LogP contribution in [0.15, 0.2) is 24.4 Å². The van der Waals surface area contributed by atoms with Crippen LogP contribution in [0.2, 0.25) is 0 Å². The maximum absolute atomic E-state index is 9.66. The maximum atomic E-state index is 9.66. The fourth-order valence-corrected chi connectivity index (χ4v) is 3.60. The summed E-state index contributed by atoms with van der Waals surface area (Å²) in [5.41, 5.74) is 2.04. The Morgan fingerprint density at radius 3 is 2.67 bits per heavy atom. The third-order valence-corrected chi connectivity index (χ3v) is 5.28. The first-order valence-corrected chi connectivity index (χ1v) is 8.82. The van der Waals surface area contributed by atoms with Crippen molar-refractivity contribution in [3.05, 3.63) is 35.5 Å². The monoisotopic (exact) mass is 325 g/mol. The van der Waals surface area contributed by atoms with Crippen LogP contribution in [0.4, 0.5) is 5.82 Å². The molecule has 1 aromatic rings. The third-order valence-electron chi connectivity index (χ3n) is 5.28. The molecule has 1 saturated heterocycles. The Hall–Kier alpha value is -1.86. The van der Waals surface area contributed by atoms with E-state index in [-0.39, 0.29) is 10.8 Å². The van der Waals surface area contributed by atoms with Gasteiger partial charge in [0.2, 0.25) is 0 Å². The molecule has 0 N–H and O–H groups in total. The number of hydrogen-bond donors (Lipinski definition) is 0. The van der Waals surface area contributed by atoms with Gasteiger partial charge in [-0.15, -0.1) is 0 Å². The molecule has 24 heavy (non-hydrogen) atoms. The summed E-state index contributed by atoms with van der Waals surface area (Å²) in [7, 11) is 0. The molecule has 2 aliphatic rings. The first-order chi connectivity index (χ1) is 11.4. The number of ether oxygens (including phenoxy) is 1. The molecule has 2 aliphatic heterocycles. The number of nitriles is 1. The smallest absolute Gasteiger partial charge is 0.146 e. The number of nitrogens with zero attached hydrogens (tertiary/aromatic N) is 3. The lowest BCUT2D eigenvalue weighted by Crippen LogP contribution is -2.41. The summed E-state index contributed by atoms with van der Waals surface area (Å²) in [6, 6.07) is 4.37. The quantitative estimate of drug-likeness (QED) is 0.737. The normalized spacial score (nSPS) is 20.7. The van der Waals surface area contributed by atoms with E-state index in [2.05, 4.69) is 43.9 Å². The van der Waals surface area contributed by atoms with Gasteiger partial charge in [0, 0.05) is 32.5 Å². The van der Waals surface area contributed by atoms with Crippen LogP contribution in [0.5, 0.6) is 0 Å². The average molecular weight is 325 g/mol. The van der Waals surface area contributed by atoms with Crippen LogP contribution >= 0.6 is 0 Å². The SMILES string of the molecule is CC(C)(C)c1cnc(N2CC=CCC3(CCOCC3)C2)c(C#N)c1. The van der Waals surface area contributed by atoms with Crippen LogP contribution in [0.3, 0.4) is 0 Å². The zero-order valence-corrected chi connectivity index (χ0v) is 15.0. The van der Waals surface area contributed by atoms with Gasteiger partial charge in [-0.1, -0.05) is 32.9 Å². The highest BCUT2D eigenvalue weighted by Crippen LogP contribution is 2.38. The minimum absolute atomic E-state index is 0.00223. The Morgan fingerprint density at radius 1 is 1.25 bits per heavy atom. The van der Waals surface area contributed by atoms with Gasteiger partial charge in [-0.25, -0.2) is 4.98 Å². The summed E-state index contributed by atoms with van der Waals surface area (Å²) >= 11 is 0. The summed E-state index contributed by atoms with van der Waals surface area (Å²) in [6.45, 7) is 9.88. The maximum Gasteiger partial charge on any atom is 0.146 e. The largest absolute Gasteiger partial charge is 0.381 e. The Labute approximate surface area is 145 Å². The van der Waals surface area contributed by atoms with Gasteiger partial charge in [0.25, 0.3) is 0 Å². The van der Waals surface area contributed by atoms with Crippen molar-refractivity contribution >= 4 is 5.82 Å². The van der Waals surface area contributed by atoms with Crippen molar-refractivity contribution in [1.29, 1.82) is 5.26 Å². The molecule has 0 amide bonds. The van der Waals surface area contributed by atoms with Gasteiger partial charge in [-0.3, -0.25) is 0 Å². The Kier molecular flexibility index (Phi) is 4.64. The van der Waals surface area contributed by atoms with Crippen LogP contribution in [0, 0.1) is 16.7 Å². The minimum atomic E-state index is -0.00223. The molecule has 4 nitrogen and oxygen atoms in total. The molecular weight excluding hydrogens is 298 g/mol. The number of pyridine rings is 1. The molecule has 0 saturated carbocycles. The van der Waals surface area contributed by atoms with Crippen molar-refractivity contribution < 1.29 is 4.74 Å². The summed E-state index contributed by atoms with van der Waals surface area (Å²) in [6.07, 6.45) is 9.69.